The molecule has 0 atom stereocenters. The van der Waals surface area contributed by atoms with Gasteiger partial charge in [-0.15, -0.1) is 0 Å². The van der Waals surface area contributed by atoms with Gasteiger partial charge in [-0.3, -0.25) is 4.79 Å². The number of para-hydroxylation sites is 2. The number of fused-ring (bicyclic) bond motifs is 1. The number of aromatic nitrogens is 2. The minimum atomic E-state index is -0.281. The minimum Gasteiger partial charge on any atom is -0.506 e. The molecule has 0 unspecified atom stereocenters. The van der Waals surface area contributed by atoms with Gasteiger partial charge >= 0.3 is 0 Å². The molecule has 2 N–H and O–H groups in total. The van der Waals surface area contributed by atoms with Crippen molar-refractivity contribution in [2.24, 2.45) is 5.10 Å². The van der Waals surface area contributed by atoms with Gasteiger partial charge in [-0.05, 0) is 47.1 Å². The van der Waals surface area contributed by atoms with Crippen molar-refractivity contribution in [3.05, 3.63) is 56.7 Å². The summed E-state index contributed by atoms with van der Waals surface area (Å²) in [6.45, 7) is 1.96. The van der Waals surface area contributed by atoms with Crippen LogP contribution in [0.4, 0.5) is 0 Å². The second kappa shape index (κ2) is 7.37. The summed E-state index contributed by atoms with van der Waals surface area (Å²) in [5.74, 6) is 0.530. The van der Waals surface area contributed by atoms with Crippen molar-refractivity contribution < 1.29 is 9.90 Å². The average Bonchev–Trinajstić information content (AvgIpc) is 2.88. The summed E-state index contributed by atoms with van der Waals surface area (Å²) >= 11 is 6.59. The number of carbonyl (C=O) groups excluding carboxylic acids is 1. The molecule has 0 aliphatic rings. The Kier molecular flexibility index (Phi) is 5.19. The summed E-state index contributed by atoms with van der Waals surface area (Å²) in [5, 5.41) is 13.9. The van der Waals surface area contributed by atoms with Crippen LogP contribution >= 0.6 is 31.9 Å². The summed E-state index contributed by atoms with van der Waals surface area (Å²) in [6, 6.07) is 11.1. The van der Waals surface area contributed by atoms with Crippen LogP contribution in [0.5, 0.6) is 5.75 Å². The molecule has 6 nitrogen and oxygen atoms in total. The smallest absolute Gasteiger partial charge is 0.260 e. The van der Waals surface area contributed by atoms with Gasteiger partial charge in [0.1, 0.15) is 18.1 Å². The molecular formula is C17H14Br2N4O2. The van der Waals surface area contributed by atoms with E-state index in [1.807, 2.05) is 35.8 Å². The Morgan fingerprint density at radius 3 is 2.92 bits per heavy atom. The molecule has 1 heterocycles. The zero-order valence-corrected chi connectivity index (χ0v) is 16.4. The summed E-state index contributed by atoms with van der Waals surface area (Å²) in [6.07, 6.45) is 1.39. The average molecular weight is 466 g/mol. The number of phenols is 1. The van der Waals surface area contributed by atoms with Crippen LogP contribution in [0.15, 0.2) is 50.4 Å². The molecule has 8 heteroatoms. The maximum atomic E-state index is 12.2. The van der Waals surface area contributed by atoms with Crippen molar-refractivity contribution >= 4 is 55.0 Å². The van der Waals surface area contributed by atoms with Crippen LogP contribution in [0.2, 0.25) is 0 Å². The third-order valence-electron chi connectivity index (χ3n) is 3.60. The van der Waals surface area contributed by atoms with Gasteiger partial charge in [0, 0.05) is 10.0 Å². The topological polar surface area (TPSA) is 79.5 Å². The molecular weight excluding hydrogens is 452 g/mol. The van der Waals surface area contributed by atoms with Gasteiger partial charge in [-0.1, -0.05) is 28.1 Å². The fourth-order valence-electron chi connectivity index (χ4n) is 2.43. The lowest BCUT2D eigenvalue weighted by Gasteiger charge is -2.06. The Balaban J connectivity index is 1.72. The van der Waals surface area contributed by atoms with Crippen LogP contribution in [-0.4, -0.2) is 26.8 Å². The second-order valence-corrected chi connectivity index (χ2v) is 7.12. The highest BCUT2D eigenvalue weighted by molar-refractivity contribution is 9.11. The molecule has 0 aliphatic carbocycles. The summed E-state index contributed by atoms with van der Waals surface area (Å²) in [7, 11) is 0. The van der Waals surface area contributed by atoms with E-state index in [0.29, 0.717) is 10.0 Å². The standard InChI is InChI=1S/C17H14Br2N4O2/c1-10-21-14-4-2-3-5-15(14)23(10)9-16(24)22-20-8-11-6-12(18)7-13(19)17(11)25/h2-8,25H,9H2,1H3,(H,22,24). The van der Waals surface area contributed by atoms with E-state index >= 15 is 0 Å². The number of halogens is 2. The number of nitrogens with one attached hydrogen (secondary N) is 1. The number of hydrazone groups is 1. The molecule has 1 amide bonds. The number of amides is 1. The van der Waals surface area contributed by atoms with Gasteiger partial charge in [0.05, 0.1) is 21.7 Å². The van der Waals surface area contributed by atoms with E-state index in [4.69, 9.17) is 0 Å². The van der Waals surface area contributed by atoms with E-state index in [1.165, 1.54) is 6.21 Å². The van der Waals surface area contributed by atoms with Crippen LogP contribution in [0.25, 0.3) is 11.0 Å². The third-order valence-corrected chi connectivity index (χ3v) is 4.66. The fraction of sp³-hybridized carbons (Fsp3) is 0.118. The first-order chi connectivity index (χ1) is 12.0. The summed E-state index contributed by atoms with van der Waals surface area (Å²) in [4.78, 5) is 16.6. The number of rotatable bonds is 4. The number of imidazole rings is 1. The number of aryl methyl sites for hydroxylation is 1. The molecule has 0 aliphatic heterocycles. The Bertz CT molecular complexity index is 982. The third kappa shape index (κ3) is 3.91. The van der Waals surface area contributed by atoms with Crippen LogP contribution in [0.3, 0.4) is 0 Å². The van der Waals surface area contributed by atoms with Crippen LogP contribution in [-0.2, 0) is 11.3 Å². The Morgan fingerprint density at radius 2 is 2.12 bits per heavy atom. The van der Waals surface area contributed by atoms with Gasteiger partial charge < -0.3 is 9.67 Å². The van der Waals surface area contributed by atoms with E-state index in [2.05, 4.69) is 47.4 Å². The molecule has 0 fully saturated rings. The van der Waals surface area contributed by atoms with E-state index < -0.39 is 0 Å². The molecule has 2 aromatic carbocycles. The van der Waals surface area contributed by atoms with Crippen molar-refractivity contribution in [2.75, 3.05) is 0 Å². The highest BCUT2D eigenvalue weighted by Crippen LogP contribution is 2.30. The zero-order chi connectivity index (χ0) is 18.0. The molecule has 1 aromatic heterocycles. The van der Waals surface area contributed by atoms with Crippen molar-refractivity contribution in [1.29, 1.82) is 0 Å². The largest absolute Gasteiger partial charge is 0.506 e. The van der Waals surface area contributed by atoms with Gasteiger partial charge in [-0.25, -0.2) is 10.4 Å². The Morgan fingerprint density at radius 1 is 1.36 bits per heavy atom. The van der Waals surface area contributed by atoms with Gasteiger partial charge in [-0.2, -0.15) is 5.10 Å². The highest BCUT2D eigenvalue weighted by atomic mass is 79.9. The summed E-state index contributed by atoms with van der Waals surface area (Å²) < 4.78 is 3.15. The first-order valence-corrected chi connectivity index (χ1v) is 8.96. The number of aromatic hydroxyl groups is 1. The second-order valence-electron chi connectivity index (χ2n) is 5.35. The van der Waals surface area contributed by atoms with E-state index in [1.54, 1.807) is 12.1 Å². The molecule has 0 spiro atoms. The van der Waals surface area contributed by atoms with Crippen molar-refractivity contribution in [3.8, 4) is 5.75 Å². The zero-order valence-electron chi connectivity index (χ0n) is 13.2. The Labute approximate surface area is 160 Å². The highest BCUT2D eigenvalue weighted by Gasteiger charge is 2.10. The number of benzene rings is 2. The maximum Gasteiger partial charge on any atom is 0.260 e. The number of hydrogen-bond donors (Lipinski definition) is 2. The monoisotopic (exact) mass is 464 g/mol. The number of carbonyl (C=O) groups is 1. The van der Waals surface area contributed by atoms with Gasteiger partial charge in [0.25, 0.3) is 5.91 Å². The van der Waals surface area contributed by atoms with Crippen molar-refractivity contribution in [3.63, 3.8) is 0 Å². The summed E-state index contributed by atoms with van der Waals surface area (Å²) in [5.41, 5.74) is 4.69. The van der Waals surface area contributed by atoms with Gasteiger partial charge in [0.2, 0.25) is 0 Å². The molecule has 128 valence electrons. The van der Waals surface area contributed by atoms with Crippen LogP contribution in [0.1, 0.15) is 11.4 Å². The molecule has 0 bridgehead atoms. The maximum absolute atomic E-state index is 12.2. The number of hydrogen-bond acceptors (Lipinski definition) is 4. The van der Waals surface area contributed by atoms with Crippen molar-refractivity contribution in [1.82, 2.24) is 15.0 Å². The van der Waals surface area contributed by atoms with E-state index in [-0.39, 0.29) is 18.2 Å². The SMILES string of the molecule is Cc1nc2ccccc2n1CC(=O)NN=Cc1cc(Br)cc(Br)c1O. The molecule has 0 saturated carbocycles. The normalized spacial score (nSPS) is 11.3. The quantitative estimate of drug-likeness (QED) is 0.455. The first kappa shape index (κ1) is 17.6. The fourth-order valence-corrected chi connectivity index (χ4v) is 3.69. The first-order valence-electron chi connectivity index (χ1n) is 7.37. The lowest BCUT2D eigenvalue weighted by atomic mass is 10.2. The Hall–Kier alpha value is -2.19. The lowest BCUT2D eigenvalue weighted by Crippen LogP contribution is -2.23. The molecule has 3 aromatic rings. The van der Waals surface area contributed by atoms with E-state index in [0.717, 1.165) is 21.3 Å². The van der Waals surface area contributed by atoms with Crippen LogP contribution in [0, 0.1) is 6.92 Å². The molecule has 3 rings (SSSR count). The molecule has 25 heavy (non-hydrogen) atoms. The van der Waals surface area contributed by atoms with Gasteiger partial charge in [0.15, 0.2) is 0 Å². The minimum absolute atomic E-state index is 0.0534. The number of phenolic OH excluding ortho intramolecular Hbond substituents is 1. The number of nitrogens with zero attached hydrogens (tertiary/aromatic N) is 3. The lowest BCUT2D eigenvalue weighted by molar-refractivity contribution is -0.121. The van der Waals surface area contributed by atoms with E-state index in [9.17, 15) is 9.90 Å². The predicted molar refractivity (Wildman–Crippen MR) is 104 cm³/mol. The molecule has 0 radical (unpaired) electrons. The van der Waals surface area contributed by atoms with Crippen LogP contribution < -0.4 is 5.43 Å². The predicted octanol–water partition coefficient (Wildman–Crippen LogP) is 3.73. The van der Waals surface area contributed by atoms with Crippen molar-refractivity contribution in [2.45, 2.75) is 13.5 Å². The molecule has 0 saturated heterocycles.